The molecule has 0 spiro atoms. The Morgan fingerprint density at radius 3 is 2.03 bits per heavy atom. The van der Waals surface area contributed by atoms with Gasteiger partial charge in [0.1, 0.15) is 0 Å². The van der Waals surface area contributed by atoms with Crippen LogP contribution in [0.5, 0.6) is 5.75 Å². The summed E-state index contributed by atoms with van der Waals surface area (Å²) in [4.78, 5) is 12.4. The third-order valence-electron chi connectivity index (χ3n) is 4.15. The number of alkyl halides is 3. The van der Waals surface area contributed by atoms with Crippen molar-refractivity contribution >= 4 is 15.6 Å². The summed E-state index contributed by atoms with van der Waals surface area (Å²) >= 11 is 0. The van der Waals surface area contributed by atoms with Gasteiger partial charge >= 0.3 is 6.36 Å². The number of carbonyl (C=O) groups excluding carboxylic acids is 1. The number of hydrogen-bond donors (Lipinski definition) is 0. The first kappa shape index (κ1) is 22.9. The minimum Gasteiger partial charge on any atom is -0.403 e. The standard InChI is InChI=1S/C20H20F4O4S/c1-19(2,3)29(26,27)12-13-4-7-15(8-5-13)17(25)10-14-6-9-16(21)18(11-14)28-20(22,23)24/h4-9,11H,10,12H2,1-3H3. The first-order chi connectivity index (χ1) is 13.2. The van der Waals surface area contributed by atoms with E-state index in [0.29, 0.717) is 5.56 Å². The number of Topliss-reactive ketones (excluding diaryl/α,β-unsaturated/α-hetero) is 1. The topological polar surface area (TPSA) is 60.4 Å². The van der Waals surface area contributed by atoms with Crippen LogP contribution in [-0.2, 0) is 22.0 Å². The molecular formula is C20H20F4O4S. The number of ketones is 1. The molecule has 0 amide bonds. The van der Waals surface area contributed by atoms with E-state index in [0.717, 1.165) is 12.1 Å². The highest BCUT2D eigenvalue weighted by atomic mass is 32.2. The van der Waals surface area contributed by atoms with Gasteiger partial charge < -0.3 is 4.74 Å². The van der Waals surface area contributed by atoms with E-state index in [2.05, 4.69) is 4.74 Å². The largest absolute Gasteiger partial charge is 0.573 e. The summed E-state index contributed by atoms with van der Waals surface area (Å²) in [7, 11) is -3.38. The molecule has 0 radical (unpaired) electrons. The fraction of sp³-hybridized carbons (Fsp3) is 0.350. The van der Waals surface area contributed by atoms with Crippen LogP contribution >= 0.6 is 0 Å². The minimum absolute atomic E-state index is 0.148. The van der Waals surface area contributed by atoms with Crippen LogP contribution in [0, 0.1) is 5.82 Å². The molecule has 0 aliphatic heterocycles. The van der Waals surface area contributed by atoms with E-state index in [1.54, 1.807) is 20.8 Å². The first-order valence-corrected chi connectivity index (χ1v) is 10.2. The van der Waals surface area contributed by atoms with E-state index in [4.69, 9.17) is 0 Å². The summed E-state index contributed by atoms with van der Waals surface area (Å²) in [6, 6.07) is 8.74. The quantitative estimate of drug-likeness (QED) is 0.483. The summed E-state index contributed by atoms with van der Waals surface area (Å²) in [5.41, 5.74) is 0.915. The molecule has 0 unspecified atom stereocenters. The molecule has 2 aromatic rings. The van der Waals surface area contributed by atoms with Crippen molar-refractivity contribution in [1.29, 1.82) is 0 Å². The van der Waals surface area contributed by atoms with Crippen molar-refractivity contribution in [3.63, 3.8) is 0 Å². The van der Waals surface area contributed by atoms with E-state index in [1.165, 1.54) is 30.3 Å². The Labute approximate surface area is 166 Å². The third-order valence-corrected chi connectivity index (χ3v) is 6.73. The van der Waals surface area contributed by atoms with Crippen molar-refractivity contribution in [2.75, 3.05) is 0 Å². The molecule has 0 saturated heterocycles. The maximum absolute atomic E-state index is 13.5. The molecule has 0 saturated carbocycles. The molecule has 0 fully saturated rings. The van der Waals surface area contributed by atoms with E-state index < -0.39 is 38.3 Å². The number of ether oxygens (including phenoxy) is 1. The van der Waals surface area contributed by atoms with Crippen molar-refractivity contribution in [3.05, 3.63) is 65.0 Å². The van der Waals surface area contributed by atoms with Gasteiger partial charge in [-0.1, -0.05) is 30.3 Å². The zero-order chi connectivity index (χ0) is 22.0. The predicted molar refractivity (Wildman–Crippen MR) is 99.9 cm³/mol. The lowest BCUT2D eigenvalue weighted by Crippen LogP contribution is -2.29. The molecule has 0 N–H and O–H groups in total. The molecule has 0 aliphatic rings. The Bertz CT molecular complexity index is 989. The number of hydrogen-bond acceptors (Lipinski definition) is 4. The average molecular weight is 432 g/mol. The molecule has 158 valence electrons. The molecule has 9 heteroatoms. The maximum Gasteiger partial charge on any atom is 0.573 e. The molecule has 0 aromatic heterocycles. The minimum atomic E-state index is -5.05. The fourth-order valence-electron chi connectivity index (χ4n) is 2.37. The second-order valence-electron chi connectivity index (χ2n) is 7.48. The van der Waals surface area contributed by atoms with Crippen LogP contribution in [0.25, 0.3) is 0 Å². The molecule has 0 heterocycles. The van der Waals surface area contributed by atoms with E-state index in [9.17, 15) is 30.8 Å². The first-order valence-electron chi connectivity index (χ1n) is 8.56. The van der Waals surface area contributed by atoms with Gasteiger partial charge in [0.2, 0.25) is 0 Å². The lowest BCUT2D eigenvalue weighted by Gasteiger charge is -2.19. The molecule has 2 rings (SSSR count). The van der Waals surface area contributed by atoms with Crippen molar-refractivity contribution in [2.45, 2.75) is 44.1 Å². The van der Waals surface area contributed by atoms with Gasteiger partial charge in [-0.25, -0.2) is 12.8 Å². The third kappa shape index (κ3) is 6.28. The van der Waals surface area contributed by atoms with E-state index in [1.807, 2.05) is 0 Å². The Balaban J connectivity index is 2.13. The Kier molecular flexibility index (Phi) is 6.42. The van der Waals surface area contributed by atoms with Crippen LogP contribution in [0.1, 0.15) is 42.3 Å². The van der Waals surface area contributed by atoms with Gasteiger partial charge in [0.15, 0.2) is 27.2 Å². The van der Waals surface area contributed by atoms with Gasteiger partial charge in [-0.05, 0) is 44.0 Å². The van der Waals surface area contributed by atoms with Gasteiger partial charge in [-0.15, -0.1) is 13.2 Å². The average Bonchev–Trinajstić information content (AvgIpc) is 2.56. The van der Waals surface area contributed by atoms with Crippen LogP contribution < -0.4 is 4.74 Å². The highest BCUT2D eigenvalue weighted by Gasteiger charge is 2.32. The molecule has 29 heavy (non-hydrogen) atoms. The second kappa shape index (κ2) is 8.14. The Morgan fingerprint density at radius 2 is 1.52 bits per heavy atom. The molecular weight excluding hydrogens is 412 g/mol. The molecule has 2 aromatic carbocycles. The van der Waals surface area contributed by atoms with Crippen molar-refractivity contribution < 1.29 is 35.5 Å². The zero-order valence-corrected chi connectivity index (χ0v) is 16.8. The number of rotatable bonds is 6. The van der Waals surface area contributed by atoms with Crippen molar-refractivity contribution in [2.24, 2.45) is 0 Å². The highest BCUT2D eigenvalue weighted by Crippen LogP contribution is 2.27. The van der Waals surface area contributed by atoms with Crippen LogP contribution in [0.15, 0.2) is 42.5 Å². The highest BCUT2D eigenvalue weighted by molar-refractivity contribution is 7.91. The summed E-state index contributed by atoms with van der Waals surface area (Å²) in [5.74, 6) is -2.80. The molecule has 4 nitrogen and oxygen atoms in total. The molecule has 0 atom stereocenters. The smallest absolute Gasteiger partial charge is 0.403 e. The van der Waals surface area contributed by atoms with Gasteiger partial charge in [0.25, 0.3) is 0 Å². The number of sulfone groups is 1. The second-order valence-corrected chi connectivity index (χ2v) is 10.2. The van der Waals surface area contributed by atoms with Crippen LogP contribution in [0.2, 0.25) is 0 Å². The van der Waals surface area contributed by atoms with Crippen molar-refractivity contribution in [1.82, 2.24) is 0 Å². The van der Waals surface area contributed by atoms with Crippen LogP contribution in [0.4, 0.5) is 17.6 Å². The normalized spacial score (nSPS) is 12.7. The summed E-state index contributed by atoms with van der Waals surface area (Å²) in [5, 5.41) is 0. The maximum atomic E-state index is 13.5. The lowest BCUT2D eigenvalue weighted by atomic mass is 10.0. The van der Waals surface area contributed by atoms with Gasteiger partial charge in [-0.3, -0.25) is 4.79 Å². The predicted octanol–water partition coefficient (Wildman–Crippen LogP) is 4.86. The molecule has 0 bridgehead atoms. The zero-order valence-electron chi connectivity index (χ0n) is 16.0. The van der Waals surface area contributed by atoms with Gasteiger partial charge in [0, 0.05) is 12.0 Å². The summed E-state index contributed by atoms with van der Waals surface area (Å²) in [6.07, 6.45) is -5.32. The number of carbonyl (C=O) groups is 1. The van der Waals surface area contributed by atoms with E-state index in [-0.39, 0.29) is 23.3 Å². The van der Waals surface area contributed by atoms with Crippen molar-refractivity contribution in [3.8, 4) is 5.75 Å². The Hall–Kier alpha value is -2.42. The summed E-state index contributed by atoms with van der Waals surface area (Å²) in [6.45, 7) is 4.79. The monoisotopic (exact) mass is 432 g/mol. The summed E-state index contributed by atoms with van der Waals surface area (Å²) < 4.78 is 77.6. The number of benzene rings is 2. The van der Waals surface area contributed by atoms with Gasteiger partial charge in [0.05, 0.1) is 10.5 Å². The SMILES string of the molecule is CC(C)(C)S(=O)(=O)Cc1ccc(C(=O)Cc2ccc(F)c(OC(F)(F)F)c2)cc1. The lowest BCUT2D eigenvalue weighted by molar-refractivity contribution is -0.275. The number of halogens is 4. The van der Waals surface area contributed by atoms with Crippen LogP contribution in [0.3, 0.4) is 0 Å². The Morgan fingerprint density at radius 1 is 0.966 bits per heavy atom. The fourth-order valence-corrected chi connectivity index (χ4v) is 3.44. The van der Waals surface area contributed by atoms with Crippen LogP contribution in [-0.4, -0.2) is 25.3 Å². The van der Waals surface area contributed by atoms with E-state index >= 15 is 0 Å². The molecule has 0 aliphatic carbocycles. The van der Waals surface area contributed by atoms with Gasteiger partial charge in [-0.2, -0.15) is 0 Å².